The molecule has 2 heterocycles. The number of pyridine rings is 1. The zero-order chi connectivity index (χ0) is 17.6. The first-order valence-corrected chi connectivity index (χ1v) is 8.43. The molecule has 1 unspecified atom stereocenters. The number of amides is 2. The molecule has 0 spiro atoms. The lowest BCUT2D eigenvalue weighted by Crippen LogP contribution is -2.45. The van der Waals surface area contributed by atoms with Crippen molar-refractivity contribution in [2.75, 3.05) is 31.1 Å². The van der Waals surface area contributed by atoms with Gasteiger partial charge in [-0.1, -0.05) is 30.3 Å². The summed E-state index contributed by atoms with van der Waals surface area (Å²) < 4.78 is 0. The van der Waals surface area contributed by atoms with Gasteiger partial charge in [-0.15, -0.1) is 0 Å². The van der Waals surface area contributed by atoms with Crippen LogP contribution in [-0.4, -0.2) is 48.4 Å². The van der Waals surface area contributed by atoms with Crippen molar-refractivity contribution in [3.05, 3.63) is 59.9 Å². The lowest BCUT2D eigenvalue weighted by Gasteiger charge is -2.34. The second kappa shape index (κ2) is 7.79. The van der Waals surface area contributed by atoms with Crippen LogP contribution in [0.25, 0.3) is 0 Å². The van der Waals surface area contributed by atoms with Gasteiger partial charge in [0.05, 0.1) is 6.04 Å². The van der Waals surface area contributed by atoms with Crippen LogP contribution in [0.4, 0.5) is 5.69 Å². The van der Waals surface area contributed by atoms with E-state index in [-0.39, 0.29) is 11.9 Å². The van der Waals surface area contributed by atoms with Crippen molar-refractivity contribution in [2.24, 2.45) is 0 Å². The van der Waals surface area contributed by atoms with Crippen LogP contribution in [0.3, 0.4) is 0 Å². The molecule has 6 heteroatoms. The van der Waals surface area contributed by atoms with Gasteiger partial charge in [0.15, 0.2) is 0 Å². The molecular weight excluding hydrogens is 316 g/mol. The number of nitrogens with zero attached hydrogens (tertiary/aromatic N) is 3. The molecule has 2 amide bonds. The molecule has 6 nitrogen and oxygen atoms in total. The Labute approximate surface area is 147 Å². The smallest absolute Gasteiger partial charge is 0.270 e. The predicted octanol–water partition coefficient (Wildman–Crippen LogP) is 1.85. The SMILES string of the molecule is CC(NC(=O)c1cc(N2CCN(C=O)CC2)ccn1)c1ccccc1. The molecule has 1 aromatic heterocycles. The molecule has 1 atom stereocenters. The van der Waals surface area contributed by atoms with Gasteiger partial charge in [0, 0.05) is 38.1 Å². The third kappa shape index (κ3) is 4.15. The lowest BCUT2D eigenvalue weighted by molar-refractivity contribution is -0.118. The maximum atomic E-state index is 12.5. The van der Waals surface area contributed by atoms with Gasteiger partial charge in [-0.25, -0.2) is 0 Å². The number of hydrogen-bond acceptors (Lipinski definition) is 4. The predicted molar refractivity (Wildman–Crippen MR) is 96.4 cm³/mol. The highest BCUT2D eigenvalue weighted by atomic mass is 16.2. The van der Waals surface area contributed by atoms with Gasteiger partial charge in [0.25, 0.3) is 5.91 Å². The Morgan fingerprint density at radius 3 is 2.56 bits per heavy atom. The fourth-order valence-corrected chi connectivity index (χ4v) is 2.92. The molecule has 0 saturated carbocycles. The van der Waals surface area contributed by atoms with Gasteiger partial charge < -0.3 is 15.1 Å². The third-order valence-electron chi connectivity index (χ3n) is 4.45. The fourth-order valence-electron chi connectivity index (χ4n) is 2.92. The van der Waals surface area contributed by atoms with Crippen molar-refractivity contribution in [2.45, 2.75) is 13.0 Å². The number of hydrogen-bond donors (Lipinski definition) is 1. The van der Waals surface area contributed by atoms with Crippen LogP contribution >= 0.6 is 0 Å². The summed E-state index contributed by atoms with van der Waals surface area (Å²) in [6.07, 6.45) is 2.54. The van der Waals surface area contributed by atoms with E-state index in [1.807, 2.05) is 49.4 Å². The second-order valence-corrected chi connectivity index (χ2v) is 6.13. The van der Waals surface area contributed by atoms with Crippen LogP contribution in [-0.2, 0) is 4.79 Å². The Balaban J connectivity index is 1.66. The van der Waals surface area contributed by atoms with Crippen molar-refractivity contribution in [1.29, 1.82) is 0 Å². The standard InChI is InChI=1S/C19H22N4O2/c1-15(16-5-3-2-4-6-16)21-19(25)18-13-17(7-8-20-18)23-11-9-22(14-24)10-12-23/h2-8,13-15H,9-12H2,1H3,(H,21,25). The Morgan fingerprint density at radius 2 is 1.88 bits per heavy atom. The van der Waals surface area contributed by atoms with Crippen LogP contribution in [0, 0.1) is 0 Å². The van der Waals surface area contributed by atoms with Crippen LogP contribution in [0.5, 0.6) is 0 Å². The number of nitrogens with one attached hydrogen (secondary N) is 1. The molecular formula is C19H22N4O2. The molecule has 1 aliphatic heterocycles. The van der Waals surface area contributed by atoms with Crippen molar-refractivity contribution in [1.82, 2.24) is 15.2 Å². The third-order valence-corrected chi connectivity index (χ3v) is 4.45. The molecule has 3 rings (SSSR count). The fraction of sp³-hybridized carbons (Fsp3) is 0.316. The molecule has 130 valence electrons. The van der Waals surface area contributed by atoms with Gasteiger partial charge in [0.1, 0.15) is 5.69 Å². The molecule has 1 aliphatic rings. The van der Waals surface area contributed by atoms with E-state index in [0.717, 1.165) is 30.8 Å². The molecule has 1 aromatic carbocycles. The van der Waals surface area contributed by atoms with Crippen molar-refractivity contribution < 1.29 is 9.59 Å². The number of piperazine rings is 1. The molecule has 0 aliphatic carbocycles. The zero-order valence-corrected chi connectivity index (χ0v) is 14.3. The number of benzene rings is 1. The van der Waals surface area contributed by atoms with E-state index in [1.54, 1.807) is 11.1 Å². The quantitative estimate of drug-likeness (QED) is 0.845. The number of anilines is 1. The normalized spacial score (nSPS) is 15.6. The molecule has 25 heavy (non-hydrogen) atoms. The summed E-state index contributed by atoms with van der Waals surface area (Å²) >= 11 is 0. The number of aromatic nitrogens is 1. The monoisotopic (exact) mass is 338 g/mol. The van der Waals surface area contributed by atoms with Crippen LogP contribution in [0.15, 0.2) is 48.7 Å². The molecule has 2 aromatic rings. The second-order valence-electron chi connectivity index (χ2n) is 6.13. The van der Waals surface area contributed by atoms with Crippen molar-refractivity contribution in [3.63, 3.8) is 0 Å². The average molecular weight is 338 g/mol. The summed E-state index contributed by atoms with van der Waals surface area (Å²) in [6.45, 7) is 4.85. The van der Waals surface area contributed by atoms with Crippen molar-refractivity contribution >= 4 is 18.0 Å². The molecule has 0 bridgehead atoms. The Hall–Kier alpha value is -2.89. The molecule has 1 fully saturated rings. The first-order chi connectivity index (χ1) is 12.2. The summed E-state index contributed by atoms with van der Waals surface area (Å²) in [6, 6.07) is 13.5. The summed E-state index contributed by atoms with van der Waals surface area (Å²) in [5.41, 5.74) is 2.41. The van der Waals surface area contributed by atoms with Gasteiger partial charge in [0.2, 0.25) is 6.41 Å². The zero-order valence-electron chi connectivity index (χ0n) is 14.3. The topological polar surface area (TPSA) is 65.5 Å². The Bertz CT molecular complexity index is 727. The highest BCUT2D eigenvalue weighted by Crippen LogP contribution is 2.17. The van der Waals surface area contributed by atoms with E-state index >= 15 is 0 Å². The number of carbonyl (C=O) groups is 2. The summed E-state index contributed by atoms with van der Waals surface area (Å²) in [5.74, 6) is -0.190. The number of carbonyl (C=O) groups excluding carboxylic acids is 2. The molecule has 1 N–H and O–H groups in total. The first-order valence-electron chi connectivity index (χ1n) is 8.43. The van der Waals surface area contributed by atoms with Crippen LogP contribution in [0.2, 0.25) is 0 Å². The van der Waals surface area contributed by atoms with E-state index in [0.29, 0.717) is 18.8 Å². The Morgan fingerprint density at radius 1 is 1.16 bits per heavy atom. The average Bonchev–Trinajstić information content (AvgIpc) is 2.68. The van der Waals surface area contributed by atoms with E-state index in [2.05, 4.69) is 15.2 Å². The Kier molecular flexibility index (Phi) is 5.28. The minimum absolute atomic E-state index is 0.0877. The van der Waals surface area contributed by atoms with Gasteiger partial charge in [-0.3, -0.25) is 14.6 Å². The lowest BCUT2D eigenvalue weighted by atomic mass is 10.1. The maximum Gasteiger partial charge on any atom is 0.270 e. The van der Waals surface area contributed by atoms with Gasteiger partial charge in [-0.2, -0.15) is 0 Å². The molecule has 1 saturated heterocycles. The largest absolute Gasteiger partial charge is 0.368 e. The van der Waals surface area contributed by atoms with Gasteiger partial charge in [-0.05, 0) is 24.6 Å². The number of rotatable bonds is 5. The minimum Gasteiger partial charge on any atom is -0.368 e. The summed E-state index contributed by atoms with van der Waals surface area (Å²) in [4.78, 5) is 31.5. The van der Waals surface area contributed by atoms with E-state index in [1.165, 1.54) is 0 Å². The van der Waals surface area contributed by atoms with Crippen molar-refractivity contribution in [3.8, 4) is 0 Å². The summed E-state index contributed by atoms with van der Waals surface area (Å²) in [7, 11) is 0. The van der Waals surface area contributed by atoms with E-state index < -0.39 is 0 Å². The maximum absolute atomic E-state index is 12.5. The minimum atomic E-state index is -0.190. The first kappa shape index (κ1) is 17.0. The van der Waals surface area contributed by atoms with Crippen LogP contribution in [0.1, 0.15) is 29.0 Å². The van der Waals surface area contributed by atoms with Gasteiger partial charge >= 0.3 is 0 Å². The highest BCUT2D eigenvalue weighted by molar-refractivity contribution is 5.93. The van der Waals surface area contributed by atoms with E-state index in [9.17, 15) is 9.59 Å². The highest BCUT2D eigenvalue weighted by Gasteiger charge is 2.18. The van der Waals surface area contributed by atoms with E-state index in [4.69, 9.17) is 0 Å². The molecule has 0 radical (unpaired) electrons. The summed E-state index contributed by atoms with van der Waals surface area (Å²) in [5, 5.41) is 2.98. The van der Waals surface area contributed by atoms with Crippen LogP contribution < -0.4 is 10.2 Å².